The molecule has 2 rings (SSSR count). The van der Waals surface area contributed by atoms with Crippen LogP contribution in [0, 0.1) is 5.41 Å². The highest BCUT2D eigenvalue weighted by molar-refractivity contribution is 5.72. The van der Waals surface area contributed by atoms with E-state index in [2.05, 4.69) is 25.8 Å². The van der Waals surface area contributed by atoms with Gasteiger partial charge in [0.2, 0.25) is 0 Å². The number of pyridine rings is 1. The summed E-state index contributed by atoms with van der Waals surface area (Å²) >= 11 is 0. The summed E-state index contributed by atoms with van der Waals surface area (Å²) in [4.78, 5) is 27.4. The number of nitrogens with zero attached hydrogens (tertiary/aromatic N) is 3. The van der Waals surface area contributed by atoms with Crippen molar-refractivity contribution in [2.24, 2.45) is 12.5 Å². The number of carbonyl (C=O) groups is 1. The van der Waals surface area contributed by atoms with E-state index >= 15 is 0 Å². The molecule has 1 N–H and O–H groups in total. The number of carboxylic acids is 1. The van der Waals surface area contributed by atoms with E-state index in [9.17, 15) is 9.59 Å². The van der Waals surface area contributed by atoms with Gasteiger partial charge in [0.15, 0.2) is 5.65 Å². The molecule has 2 aromatic heterocycles. The lowest BCUT2D eigenvalue weighted by atomic mass is 9.97. The highest BCUT2D eigenvalue weighted by Crippen LogP contribution is 2.19. The maximum Gasteiger partial charge on any atom is 0.330 e. The van der Waals surface area contributed by atoms with Gasteiger partial charge in [0, 0.05) is 25.7 Å². The number of imidazole rings is 1. The number of rotatable bonds is 4. The molecule has 21 heavy (non-hydrogen) atoms. The van der Waals surface area contributed by atoms with Gasteiger partial charge in [-0.1, -0.05) is 20.8 Å². The van der Waals surface area contributed by atoms with E-state index in [4.69, 9.17) is 5.11 Å². The van der Waals surface area contributed by atoms with Crippen LogP contribution in [0.1, 0.15) is 32.9 Å². The molecule has 0 aliphatic heterocycles. The lowest BCUT2D eigenvalue weighted by Gasteiger charge is -2.18. The number of aryl methyl sites for hydroxylation is 2. The van der Waals surface area contributed by atoms with Gasteiger partial charge in [-0.2, -0.15) is 0 Å². The number of aliphatic carboxylic acids is 1. The molecule has 0 unspecified atom stereocenters. The van der Waals surface area contributed by atoms with Crippen molar-refractivity contribution < 1.29 is 9.90 Å². The number of fused-ring (bicyclic) bond motifs is 1. The van der Waals surface area contributed by atoms with Gasteiger partial charge in [-0.15, -0.1) is 0 Å². The van der Waals surface area contributed by atoms with Crippen LogP contribution in [-0.2, 0) is 24.8 Å². The summed E-state index contributed by atoms with van der Waals surface area (Å²) in [6.07, 6.45) is 0.402. The summed E-state index contributed by atoms with van der Waals surface area (Å²) in [5.41, 5.74) is 1.97. The predicted octanol–water partition coefficient (Wildman–Crippen LogP) is 1.80. The second-order valence-corrected chi connectivity index (χ2v) is 6.53. The van der Waals surface area contributed by atoms with Crippen LogP contribution in [0.3, 0.4) is 0 Å². The molecule has 0 atom stereocenters. The molecule has 0 amide bonds. The van der Waals surface area contributed by atoms with Crippen LogP contribution in [0.25, 0.3) is 11.2 Å². The Morgan fingerprint density at radius 3 is 2.57 bits per heavy atom. The van der Waals surface area contributed by atoms with Crippen LogP contribution in [0.2, 0.25) is 0 Å². The van der Waals surface area contributed by atoms with E-state index in [0.29, 0.717) is 24.3 Å². The van der Waals surface area contributed by atoms with E-state index in [-0.39, 0.29) is 17.5 Å². The summed E-state index contributed by atoms with van der Waals surface area (Å²) in [7, 11) is 1.69. The first-order chi connectivity index (χ1) is 9.69. The molecule has 0 saturated carbocycles. The molecule has 6 heteroatoms. The molecule has 0 fully saturated rings. The summed E-state index contributed by atoms with van der Waals surface area (Å²) in [6.45, 7) is 6.84. The minimum absolute atomic E-state index is 0.0138. The Balaban J connectivity index is 2.47. The minimum atomic E-state index is -0.851. The lowest BCUT2D eigenvalue weighted by Crippen LogP contribution is -2.27. The standard InChI is InChI=1S/C15H21N3O3/c1-15(2,3)9-18-11-7-5-10(6-8-12(19)20)16-13(11)17(4)14(18)21/h5,7H,6,8-9H2,1-4H3,(H,19,20). The van der Waals surface area contributed by atoms with Gasteiger partial charge in [-0.3, -0.25) is 13.9 Å². The minimum Gasteiger partial charge on any atom is -0.481 e. The van der Waals surface area contributed by atoms with E-state index in [1.54, 1.807) is 17.7 Å². The van der Waals surface area contributed by atoms with Crippen molar-refractivity contribution in [2.45, 2.75) is 40.2 Å². The highest BCUT2D eigenvalue weighted by atomic mass is 16.4. The molecule has 0 radical (unpaired) electrons. The van der Waals surface area contributed by atoms with Crippen LogP contribution in [0.5, 0.6) is 0 Å². The smallest absolute Gasteiger partial charge is 0.330 e. The van der Waals surface area contributed by atoms with Gasteiger partial charge >= 0.3 is 11.7 Å². The number of hydrogen-bond acceptors (Lipinski definition) is 3. The van der Waals surface area contributed by atoms with Gasteiger partial charge in [0.25, 0.3) is 0 Å². The van der Waals surface area contributed by atoms with Gasteiger partial charge < -0.3 is 5.11 Å². The zero-order valence-corrected chi connectivity index (χ0v) is 12.9. The lowest BCUT2D eigenvalue weighted by molar-refractivity contribution is -0.136. The Bertz CT molecular complexity index is 735. The molecule has 2 heterocycles. The third kappa shape index (κ3) is 3.32. The summed E-state index contributed by atoms with van der Waals surface area (Å²) in [6, 6.07) is 3.65. The van der Waals surface area contributed by atoms with Crippen LogP contribution in [-0.4, -0.2) is 25.2 Å². The second kappa shape index (κ2) is 5.35. The monoisotopic (exact) mass is 291 g/mol. The Labute approximate surface area is 123 Å². The first-order valence-electron chi connectivity index (χ1n) is 6.96. The Morgan fingerprint density at radius 2 is 2.00 bits per heavy atom. The van der Waals surface area contributed by atoms with Crippen molar-refractivity contribution >= 4 is 17.1 Å². The van der Waals surface area contributed by atoms with Crippen molar-refractivity contribution in [2.75, 3.05) is 0 Å². The van der Waals surface area contributed by atoms with E-state index in [0.717, 1.165) is 5.52 Å². The largest absolute Gasteiger partial charge is 0.481 e. The molecular formula is C15H21N3O3. The number of aromatic nitrogens is 3. The van der Waals surface area contributed by atoms with Crippen molar-refractivity contribution in [3.8, 4) is 0 Å². The molecule has 0 saturated heterocycles. The SMILES string of the molecule is Cn1c(=O)n(CC(C)(C)C)c2ccc(CCC(=O)O)nc21. The fourth-order valence-electron chi connectivity index (χ4n) is 2.31. The van der Waals surface area contributed by atoms with E-state index in [1.807, 2.05) is 6.07 Å². The van der Waals surface area contributed by atoms with E-state index < -0.39 is 5.97 Å². The highest BCUT2D eigenvalue weighted by Gasteiger charge is 2.18. The Hall–Kier alpha value is -2.11. The quantitative estimate of drug-likeness (QED) is 0.931. The Morgan fingerprint density at radius 1 is 1.33 bits per heavy atom. The first-order valence-corrected chi connectivity index (χ1v) is 6.96. The second-order valence-electron chi connectivity index (χ2n) is 6.53. The van der Waals surface area contributed by atoms with Crippen molar-refractivity contribution in [3.63, 3.8) is 0 Å². The fourth-order valence-corrected chi connectivity index (χ4v) is 2.31. The zero-order valence-electron chi connectivity index (χ0n) is 12.9. The van der Waals surface area contributed by atoms with Gasteiger partial charge in [0.05, 0.1) is 11.9 Å². The molecule has 2 aromatic rings. The normalized spacial score (nSPS) is 12.0. The average Bonchev–Trinajstić information content (AvgIpc) is 2.60. The maximum atomic E-state index is 12.3. The summed E-state index contributed by atoms with van der Waals surface area (Å²) in [5.74, 6) is -0.851. The molecule has 0 spiro atoms. The summed E-state index contributed by atoms with van der Waals surface area (Å²) in [5, 5.41) is 8.73. The van der Waals surface area contributed by atoms with Crippen molar-refractivity contribution in [3.05, 3.63) is 28.3 Å². The zero-order chi connectivity index (χ0) is 15.8. The summed E-state index contributed by atoms with van der Waals surface area (Å²) < 4.78 is 3.24. The van der Waals surface area contributed by atoms with Gasteiger partial charge in [0.1, 0.15) is 0 Å². The van der Waals surface area contributed by atoms with Crippen LogP contribution in [0.15, 0.2) is 16.9 Å². The first kappa shape index (κ1) is 15.3. The maximum absolute atomic E-state index is 12.3. The van der Waals surface area contributed by atoms with Crippen molar-refractivity contribution in [1.29, 1.82) is 0 Å². The fraction of sp³-hybridized carbons (Fsp3) is 0.533. The van der Waals surface area contributed by atoms with Crippen molar-refractivity contribution in [1.82, 2.24) is 14.1 Å². The third-order valence-corrected chi connectivity index (χ3v) is 3.27. The molecule has 0 bridgehead atoms. The molecular weight excluding hydrogens is 270 g/mol. The van der Waals surface area contributed by atoms with Crippen LogP contribution in [0.4, 0.5) is 0 Å². The topological polar surface area (TPSA) is 77.1 Å². The number of hydrogen-bond donors (Lipinski definition) is 1. The van der Waals surface area contributed by atoms with Gasteiger partial charge in [-0.25, -0.2) is 9.78 Å². The number of carboxylic acid groups (broad SMARTS) is 1. The molecule has 0 aliphatic rings. The molecule has 114 valence electrons. The third-order valence-electron chi connectivity index (χ3n) is 3.27. The Kier molecular flexibility index (Phi) is 3.89. The average molecular weight is 291 g/mol. The van der Waals surface area contributed by atoms with E-state index in [1.165, 1.54) is 4.57 Å². The molecule has 0 aliphatic carbocycles. The predicted molar refractivity (Wildman–Crippen MR) is 80.4 cm³/mol. The van der Waals surface area contributed by atoms with Gasteiger partial charge in [-0.05, 0) is 17.5 Å². The van der Waals surface area contributed by atoms with Crippen LogP contribution < -0.4 is 5.69 Å². The molecule has 0 aromatic carbocycles. The molecule has 6 nitrogen and oxygen atoms in total. The van der Waals surface area contributed by atoms with Crippen LogP contribution >= 0.6 is 0 Å².